The van der Waals surface area contributed by atoms with Gasteiger partial charge in [-0.15, -0.1) is 0 Å². The molecule has 0 spiro atoms. The Morgan fingerprint density at radius 3 is 2.24 bits per heavy atom. The van der Waals surface area contributed by atoms with Crippen LogP contribution >= 0.6 is 0 Å². The van der Waals surface area contributed by atoms with Crippen molar-refractivity contribution in [2.45, 2.75) is 24.9 Å². The molecule has 9 heteroatoms. The number of carbonyl (C=O) groups excluding carboxylic acids is 1. The van der Waals surface area contributed by atoms with Crippen molar-refractivity contribution in [2.24, 2.45) is 5.73 Å². The number of aliphatic carboxylic acids is 1. The second-order valence-corrected chi connectivity index (χ2v) is 4.54. The van der Waals surface area contributed by atoms with Gasteiger partial charge in [-0.25, -0.2) is 14.8 Å². The van der Waals surface area contributed by atoms with Crippen molar-refractivity contribution in [3.8, 4) is 0 Å². The lowest BCUT2D eigenvalue weighted by molar-refractivity contribution is -0.142. The van der Waals surface area contributed by atoms with E-state index in [1.54, 1.807) is 12.4 Å². The van der Waals surface area contributed by atoms with Crippen molar-refractivity contribution >= 4 is 11.9 Å². The Labute approximate surface area is 120 Å². The summed E-state index contributed by atoms with van der Waals surface area (Å²) >= 11 is 0. The van der Waals surface area contributed by atoms with Gasteiger partial charge in [0, 0.05) is 25.2 Å². The van der Waals surface area contributed by atoms with Crippen LogP contribution in [0.1, 0.15) is 11.4 Å². The molecule has 2 rings (SSSR count). The van der Waals surface area contributed by atoms with E-state index < -0.39 is 24.0 Å². The van der Waals surface area contributed by atoms with Gasteiger partial charge in [-0.05, 0) is 0 Å². The molecule has 0 aliphatic rings. The summed E-state index contributed by atoms with van der Waals surface area (Å²) in [5.41, 5.74) is 6.93. The highest BCUT2D eigenvalue weighted by molar-refractivity contribution is 5.87. The minimum absolute atomic E-state index is 0.0830. The predicted molar refractivity (Wildman–Crippen MR) is 72.1 cm³/mol. The molecule has 2 aromatic heterocycles. The number of carboxylic acid groups (broad SMARTS) is 1. The molecule has 9 nitrogen and oxygen atoms in total. The van der Waals surface area contributed by atoms with Gasteiger partial charge in [0.05, 0.1) is 30.1 Å². The molecular weight excluding hydrogens is 276 g/mol. The summed E-state index contributed by atoms with van der Waals surface area (Å²) in [6.07, 6.45) is 6.44. The number of nitrogens with one attached hydrogen (secondary N) is 3. The van der Waals surface area contributed by atoms with Crippen LogP contribution in [0.5, 0.6) is 0 Å². The van der Waals surface area contributed by atoms with E-state index >= 15 is 0 Å². The lowest BCUT2D eigenvalue weighted by Crippen LogP contribution is -2.50. The number of aromatic amines is 2. The summed E-state index contributed by atoms with van der Waals surface area (Å²) in [4.78, 5) is 36.5. The Bertz CT molecular complexity index is 580. The predicted octanol–water partition coefficient (Wildman–Crippen LogP) is -1.19. The summed E-state index contributed by atoms with van der Waals surface area (Å²) in [6, 6.07) is -1.94. The number of hydrogen-bond acceptors (Lipinski definition) is 5. The third kappa shape index (κ3) is 4.14. The van der Waals surface area contributed by atoms with E-state index in [-0.39, 0.29) is 12.8 Å². The van der Waals surface area contributed by atoms with E-state index in [4.69, 9.17) is 10.8 Å². The zero-order valence-electron chi connectivity index (χ0n) is 11.1. The van der Waals surface area contributed by atoms with Crippen LogP contribution in [0, 0.1) is 0 Å². The van der Waals surface area contributed by atoms with Crippen LogP contribution in [0.2, 0.25) is 0 Å². The molecular formula is C12H16N6O3. The molecule has 6 N–H and O–H groups in total. The number of H-pyrrole nitrogens is 2. The van der Waals surface area contributed by atoms with Crippen LogP contribution < -0.4 is 11.1 Å². The topological polar surface area (TPSA) is 150 Å². The van der Waals surface area contributed by atoms with Crippen LogP contribution in [0.25, 0.3) is 0 Å². The Morgan fingerprint density at radius 1 is 1.19 bits per heavy atom. The molecule has 0 aliphatic heterocycles. The van der Waals surface area contributed by atoms with Gasteiger partial charge in [0.15, 0.2) is 0 Å². The number of aromatic nitrogens is 4. The summed E-state index contributed by atoms with van der Waals surface area (Å²) in [5.74, 6) is -1.68. The van der Waals surface area contributed by atoms with Gasteiger partial charge in [0.2, 0.25) is 5.91 Å². The van der Waals surface area contributed by atoms with Crippen molar-refractivity contribution in [3.63, 3.8) is 0 Å². The average molecular weight is 292 g/mol. The monoisotopic (exact) mass is 292 g/mol. The van der Waals surface area contributed by atoms with Crippen LogP contribution in [0.3, 0.4) is 0 Å². The molecule has 112 valence electrons. The highest BCUT2D eigenvalue weighted by atomic mass is 16.4. The van der Waals surface area contributed by atoms with Gasteiger partial charge in [-0.3, -0.25) is 4.79 Å². The minimum atomic E-state index is -1.14. The first kappa shape index (κ1) is 14.7. The van der Waals surface area contributed by atoms with Gasteiger partial charge in [-0.1, -0.05) is 0 Å². The number of hydrogen-bond donors (Lipinski definition) is 5. The van der Waals surface area contributed by atoms with Crippen molar-refractivity contribution in [2.75, 3.05) is 0 Å². The van der Waals surface area contributed by atoms with Crippen LogP contribution in [0.4, 0.5) is 0 Å². The molecule has 0 saturated carbocycles. The fourth-order valence-corrected chi connectivity index (χ4v) is 1.81. The molecule has 1 unspecified atom stereocenters. The summed E-state index contributed by atoms with van der Waals surface area (Å²) in [6.45, 7) is 0. The molecule has 0 bridgehead atoms. The molecule has 2 aromatic rings. The largest absolute Gasteiger partial charge is 0.480 e. The molecule has 1 amide bonds. The zero-order chi connectivity index (χ0) is 15.2. The van der Waals surface area contributed by atoms with Crippen molar-refractivity contribution < 1.29 is 14.7 Å². The normalized spacial score (nSPS) is 13.6. The molecule has 0 aromatic carbocycles. The van der Waals surface area contributed by atoms with E-state index in [1.165, 1.54) is 12.7 Å². The molecule has 2 atom stereocenters. The Balaban J connectivity index is 1.92. The van der Waals surface area contributed by atoms with Gasteiger partial charge in [0.1, 0.15) is 6.04 Å². The van der Waals surface area contributed by atoms with Gasteiger partial charge < -0.3 is 26.1 Å². The second-order valence-electron chi connectivity index (χ2n) is 4.54. The number of imidazole rings is 2. The lowest BCUT2D eigenvalue weighted by atomic mass is 10.1. The summed E-state index contributed by atoms with van der Waals surface area (Å²) in [7, 11) is 0. The SMILES string of the molecule is NC(Cc1c[nH]cn1)C(=O)N[C@H](Cc1c[nH]cn1)C(=O)O. The average Bonchev–Trinajstić information content (AvgIpc) is 3.10. The summed E-state index contributed by atoms with van der Waals surface area (Å²) in [5, 5.41) is 11.6. The first-order valence-electron chi connectivity index (χ1n) is 6.30. The fraction of sp³-hybridized carbons (Fsp3) is 0.333. The molecule has 0 saturated heterocycles. The molecule has 0 aliphatic carbocycles. The Hall–Kier alpha value is -2.68. The fourth-order valence-electron chi connectivity index (χ4n) is 1.81. The number of amides is 1. The maximum atomic E-state index is 11.9. The molecule has 21 heavy (non-hydrogen) atoms. The van der Waals surface area contributed by atoms with Gasteiger partial charge >= 0.3 is 5.97 Å². The quantitative estimate of drug-likeness (QED) is 0.433. The van der Waals surface area contributed by atoms with Crippen molar-refractivity contribution in [3.05, 3.63) is 36.4 Å². The van der Waals surface area contributed by atoms with Crippen molar-refractivity contribution in [1.29, 1.82) is 0 Å². The number of carboxylic acids is 1. The Kier molecular flexibility index (Phi) is 4.67. The highest BCUT2D eigenvalue weighted by Crippen LogP contribution is 2.01. The van der Waals surface area contributed by atoms with Crippen LogP contribution in [-0.2, 0) is 22.4 Å². The zero-order valence-corrected chi connectivity index (χ0v) is 11.1. The summed E-state index contributed by atoms with van der Waals surface area (Å²) < 4.78 is 0. The first-order chi connectivity index (χ1) is 10.1. The van der Waals surface area contributed by atoms with Crippen molar-refractivity contribution in [1.82, 2.24) is 25.3 Å². The van der Waals surface area contributed by atoms with E-state index in [2.05, 4.69) is 25.3 Å². The van der Waals surface area contributed by atoms with E-state index in [9.17, 15) is 9.59 Å². The maximum absolute atomic E-state index is 11.9. The second kappa shape index (κ2) is 6.66. The maximum Gasteiger partial charge on any atom is 0.326 e. The highest BCUT2D eigenvalue weighted by Gasteiger charge is 2.24. The molecule has 0 radical (unpaired) electrons. The Morgan fingerprint density at radius 2 is 1.76 bits per heavy atom. The van der Waals surface area contributed by atoms with E-state index in [0.717, 1.165) is 0 Å². The smallest absolute Gasteiger partial charge is 0.326 e. The third-order valence-electron chi connectivity index (χ3n) is 2.90. The van der Waals surface area contributed by atoms with E-state index in [0.29, 0.717) is 11.4 Å². The van der Waals surface area contributed by atoms with Crippen LogP contribution in [-0.4, -0.2) is 49.0 Å². The third-order valence-corrected chi connectivity index (χ3v) is 2.90. The lowest BCUT2D eigenvalue weighted by Gasteiger charge is -2.16. The number of rotatable bonds is 7. The van der Waals surface area contributed by atoms with Crippen LogP contribution in [0.15, 0.2) is 25.0 Å². The first-order valence-corrected chi connectivity index (χ1v) is 6.30. The van der Waals surface area contributed by atoms with E-state index in [1.807, 2.05) is 0 Å². The van der Waals surface area contributed by atoms with Gasteiger partial charge in [-0.2, -0.15) is 0 Å². The van der Waals surface area contributed by atoms with Gasteiger partial charge in [0.25, 0.3) is 0 Å². The minimum Gasteiger partial charge on any atom is -0.480 e. The standard InChI is InChI=1S/C12H16N6O3/c13-9(1-7-3-14-5-16-7)11(19)18-10(12(20)21)2-8-4-15-6-17-8/h3-6,9-10H,1-2,13H2,(H,14,16)(H,15,17)(H,18,19)(H,20,21)/t9?,10-/m1/s1. The number of carbonyl (C=O) groups is 2. The molecule has 0 fully saturated rings. The molecule has 2 heterocycles. The number of nitrogens with zero attached hydrogens (tertiary/aromatic N) is 2. The number of nitrogens with two attached hydrogens (primary N) is 1.